The van der Waals surface area contributed by atoms with Crippen molar-refractivity contribution in [2.24, 2.45) is 0 Å². The van der Waals surface area contributed by atoms with Gasteiger partial charge in [-0.2, -0.15) is 0 Å². The summed E-state index contributed by atoms with van der Waals surface area (Å²) >= 11 is 0. The predicted octanol–water partition coefficient (Wildman–Crippen LogP) is 2.34. The molecule has 2 aromatic rings. The van der Waals surface area contributed by atoms with Gasteiger partial charge in [-0.1, -0.05) is 18.2 Å². The highest BCUT2D eigenvalue weighted by Crippen LogP contribution is 2.28. The van der Waals surface area contributed by atoms with Crippen LogP contribution in [0.1, 0.15) is 21.6 Å². The standard InChI is InChI=1S/C15H14N2O2/c18-15(19)12-5-7-16-13(9-12)10-17-8-6-11-3-1-2-4-14(11)17/h1-5,7,9H,6,8,10H2,(H,18,19). The van der Waals surface area contributed by atoms with Gasteiger partial charge in [0.15, 0.2) is 0 Å². The third kappa shape index (κ3) is 2.29. The van der Waals surface area contributed by atoms with Gasteiger partial charge >= 0.3 is 5.97 Å². The van der Waals surface area contributed by atoms with Crippen molar-refractivity contribution < 1.29 is 9.90 Å². The van der Waals surface area contributed by atoms with Gasteiger partial charge in [-0.05, 0) is 30.2 Å². The number of carboxylic acids is 1. The summed E-state index contributed by atoms with van der Waals surface area (Å²) in [5, 5.41) is 8.99. The molecule has 0 spiro atoms. The number of hydrogen-bond acceptors (Lipinski definition) is 3. The Labute approximate surface area is 111 Å². The number of aromatic carboxylic acids is 1. The van der Waals surface area contributed by atoms with Crippen LogP contribution in [-0.4, -0.2) is 22.6 Å². The summed E-state index contributed by atoms with van der Waals surface area (Å²) in [4.78, 5) is 17.4. The summed E-state index contributed by atoms with van der Waals surface area (Å²) in [7, 11) is 0. The van der Waals surface area contributed by atoms with E-state index in [2.05, 4.69) is 22.0 Å². The molecule has 4 heteroatoms. The fourth-order valence-corrected chi connectivity index (χ4v) is 2.46. The van der Waals surface area contributed by atoms with Gasteiger partial charge in [0.1, 0.15) is 0 Å². The lowest BCUT2D eigenvalue weighted by Gasteiger charge is -2.18. The number of carboxylic acid groups (broad SMARTS) is 1. The van der Waals surface area contributed by atoms with E-state index < -0.39 is 5.97 Å². The molecule has 4 nitrogen and oxygen atoms in total. The van der Waals surface area contributed by atoms with E-state index in [9.17, 15) is 4.79 Å². The van der Waals surface area contributed by atoms with E-state index in [1.807, 2.05) is 12.1 Å². The fraction of sp³-hybridized carbons (Fsp3) is 0.200. The molecule has 0 atom stereocenters. The lowest BCUT2D eigenvalue weighted by Crippen LogP contribution is -2.20. The predicted molar refractivity (Wildman–Crippen MR) is 72.4 cm³/mol. The van der Waals surface area contributed by atoms with Gasteiger partial charge in [0.05, 0.1) is 17.8 Å². The van der Waals surface area contributed by atoms with Crippen LogP contribution in [0.4, 0.5) is 5.69 Å². The van der Waals surface area contributed by atoms with E-state index in [0.717, 1.165) is 18.7 Å². The van der Waals surface area contributed by atoms with Crippen molar-refractivity contribution in [2.45, 2.75) is 13.0 Å². The number of nitrogens with zero attached hydrogens (tertiary/aromatic N) is 2. The molecule has 1 aromatic carbocycles. The maximum Gasteiger partial charge on any atom is 0.335 e. The first-order valence-electron chi connectivity index (χ1n) is 6.25. The van der Waals surface area contributed by atoms with E-state index >= 15 is 0 Å². The van der Waals surface area contributed by atoms with Gasteiger partial charge in [-0.3, -0.25) is 4.98 Å². The largest absolute Gasteiger partial charge is 0.478 e. The lowest BCUT2D eigenvalue weighted by atomic mass is 10.2. The minimum Gasteiger partial charge on any atom is -0.478 e. The molecule has 1 aliphatic rings. The molecule has 0 bridgehead atoms. The van der Waals surface area contributed by atoms with Gasteiger partial charge in [0.2, 0.25) is 0 Å². The number of carbonyl (C=O) groups is 1. The smallest absolute Gasteiger partial charge is 0.335 e. The average Bonchev–Trinajstić information content (AvgIpc) is 2.83. The molecule has 96 valence electrons. The molecule has 0 amide bonds. The molecule has 0 saturated carbocycles. The van der Waals surface area contributed by atoms with Crippen molar-refractivity contribution in [3.05, 3.63) is 59.4 Å². The summed E-state index contributed by atoms with van der Waals surface area (Å²) in [6, 6.07) is 11.5. The normalized spacial score (nSPS) is 13.4. The Morgan fingerprint density at radius 3 is 3.00 bits per heavy atom. The van der Waals surface area contributed by atoms with Crippen LogP contribution in [-0.2, 0) is 13.0 Å². The molecule has 1 aromatic heterocycles. The minimum absolute atomic E-state index is 0.289. The maximum absolute atomic E-state index is 10.9. The Bertz CT molecular complexity index is 625. The zero-order chi connectivity index (χ0) is 13.2. The van der Waals surface area contributed by atoms with Crippen molar-refractivity contribution >= 4 is 11.7 Å². The van der Waals surface area contributed by atoms with Crippen LogP contribution in [0.2, 0.25) is 0 Å². The molecule has 1 aliphatic heterocycles. The maximum atomic E-state index is 10.9. The summed E-state index contributed by atoms with van der Waals surface area (Å²) < 4.78 is 0. The number of aromatic nitrogens is 1. The number of benzene rings is 1. The van der Waals surface area contributed by atoms with Gasteiger partial charge in [0.25, 0.3) is 0 Å². The first-order chi connectivity index (χ1) is 9.24. The van der Waals surface area contributed by atoms with Crippen molar-refractivity contribution in [3.63, 3.8) is 0 Å². The quantitative estimate of drug-likeness (QED) is 0.913. The molecule has 3 rings (SSSR count). The fourth-order valence-electron chi connectivity index (χ4n) is 2.46. The highest BCUT2D eigenvalue weighted by molar-refractivity contribution is 5.87. The number of anilines is 1. The summed E-state index contributed by atoms with van der Waals surface area (Å²) in [6.45, 7) is 1.61. The number of pyridine rings is 1. The van der Waals surface area contributed by atoms with Crippen molar-refractivity contribution in [3.8, 4) is 0 Å². The van der Waals surface area contributed by atoms with Crippen LogP contribution in [0.25, 0.3) is 0 Å². The SMILES string of the molecule is O=C(O)c1ccnc(CN2CCc3ccccc32)c1. The third-order valence-corrected chi connectivity index (χ3v) is 3.40. The Morgan fingerprint density at radius 1 is 1.32 bits per heavy atom. The van der Waals surface area contributed by atoms with Crippen LogP contribution < -0.4 is 4.90 Å². The van der Waals surface area contributed by atoms with Crippen LogP contribution in [0.3, 0.4) is 0 Å². The second-order valence-corrected chi connectivity index (χ2v) is 4.64. The first-order valence-corrected chi connectivity index (χ1v) is 6.25. The molecule has 0 aliphatic carbocycles. The molecular weight excluding hydrogens is 240 g/mol. The highest BCUT2D eigenvalue weighted by Gasteiger charge is 2.18. The Balaban J connectivity index is 1.83. The second kappa shape index (κ2) is 4.72. The zero-order valence-electron chi connectivity index (χ0n) is 10.4. The number of para-hydroxylation sites is 1. The average molecular weight is 254 g/mol. The van der Waals surface area contributed by atoms with Gasteiger partial charge < -0.3 is 10.0 Å². The molecule has 0 radical (unpaired) electrons. The van der Waals surface area contributed by atoms with E-state index in [1.54, 1.807) is 12.3 Å². The van der Waals surface area contributed by atoms with E-state index in [1.165, 1.54) is 17.3 Å². The van der Waals surface area contributed by atoms with Gasteiger partial charge in [0, 0.05) is 18.4 Å². The Hall–Kier alpha value is -2.36. The zero-order valence-corrected chi connectivity index (χ0v) is 10.4. The molecule has 0 saturated heterocycles. The molecule has 1 N–H and O–H groups in total. The molecular formula is C15H14N2O2. The monoisotopic (exact) mass is 254 g/mol. The van der Waals surface area contributed by atoms with E-state index in [0.29, 0.717) is 6.54 Å². The second-order valence-electron chi connectivity index (χ2n) is 4.64. The minimum atomic E-state index is -0.912. The summed E-state index contributed by atoms with van der Waals surface area (Å²) in [5.74, 6) is -0.912. The first kappa shape index (κ1) is 11.7. The topological polar surface area (TPSA) is 53.4 Å². The van der Waals surface area contributed by atoms with E-state index in [-0.39, 0.29) is 5.56 Å². The third-order valence-electron chi connectivity index (χ3n) is 3.40. The van der Waals surface area contributed by atoms with E-state index in [4.69, 9.17) is 5.11 Å². The summed E-state index contributed by atoms with van der Waals surface area (Å²) in [6.07, 6.45) is 2.59. The highest BCUT2D eigenvalue weighted by atomic mass is 16.4. The van der Waals surface area contributed by atoms with Crippen LogP contribution >= 0.6 is 0 Å². The van der Waals surface area contributed by atoms with Crippen molar-refractivity contribution in [1.29, 1.82) is 0 Å². The number of hydrogen-bond donors (Lipinski definition) is 1. The van der Waals surface area contributed by atoms with Crippen molar-refractivity contribution in [2.75, 3.05) is 11.4 Å². The summed E-state index contributed by atoms with van der Waals surface area (Å²) in [5.41, 5.74) is 3.65. The van der Waals surface area contributed by atoms with Gasteiger partial charge in [-0.15, -0.1) is 0 Å². The molecule has 0 unspecified atom stereocenters. The van der Waals surface area contributed by atoms with Crippen molar-refractivity contribution in [1.82, 2.24) is 4.98 Å². The molecule has 19 heavy (non-hydrogen) atoms. The Morgan fingerprint density at radius 2 is 2.16 bits per heavy atom. The van der Waals surface area contributed by atoms with Gasteiger partial charge in [-0.25, -0.2) is 4.79 Å². The lowest BCUT2D eigenvalue weighted by molar-refractivity contribution is 0.0696. The molecule has 2 heterocycles. The Kier molecular flexibility index (Phi) is 2.91. The number of fused-ring (bicyclic) bond motifs is 1. The van der Waals surface area contributed by atoms with Crippen LogP contribution in [0.5, 0.6) is 0 Å². The van der Waals surface area contributed by atoms with Crippen LogP contribution in [0.15, 0.2) is 42.6 Å². The number of rotatable bonds is 3. The van der Waals surface area contributed by atoms with Crippen LogP contribution in [0, 0.1) is 0 Å². The molecule has 0 fully saturated rings.